The Morgan fingerprint density at radius 3 is 2.12 bits per heavy atom. The van der Waals surface area contributed by atoms with Gasteiger partial charge >= 0.3 is 0 Å². The van der Waals surface area contributed by atoms with Gasteiger partial charge in [-0.15, -0.1) is 0 Å². The highest BCUT2D eigenvalue weighted by Gasteiger charge is 2.16. The third kappa shape index (κ3) is 5.50. The maximum atomic E-state index is 12.7. The molecule has 9 heteroatoms. The molecule has 0 aromatic heterocycles. The number of hydrogen-bond acceptors (Lipinski definition) is 6. The van der Waals surface area contributed by atoms with Gasteiger partial charge in [-0.05, 0) is 67.6 Å². The van der Waals surface area contributed by atoms with Crippen molar-refractivity contribution in [1.82, 2.24) is 0 Å². The lowest BCUT2D eigenvalue weighted by molar-refractivity contribution is 0.102. The Hall–Kier alpha value is -3.72. The van der Waals surface area contributed by atoms with E-state index in [1.165, 1.54) is 38.5 Å². The number of nitrogens with one attached hydrogen (secondary N) is 2. The number of carbonyl (C=O) groups is 1. The van der Waals surface area contributed by atoms with Crippen LogP contribution >= 0.6 is 0 Å². The molecule has 3 rings (SSSR count). The fourth-order valence-corrected chi connectivity index (χ4v) is 3.95. The van der Waals surface area contributed by atoms with Crippen molar-refractivity contribution in [2.75, 3.05) is 30.9 Å². The second kappa shape index (κ2) is 10.1. The van der Waals surface area contributed by atoms with Crippen LogP contribution in [0.15, 0.2) is 71.6 Å². The van der Waals surface area contributed by atoms with Crippen molar-refractivity contribution in [3.63, 3.8) is 0 Å². The van der Waals surface area contributed by atoms with E-state index >= 15 is 0 Å². The lowest BCUT2D eigenvalue weighted by Crippen LogP contribution is -2.15. The van der Waals surface area contributed by atoms with Crippen molar-refractivity contribution in [2.45, 2.75) is 11.8 Å². The van der Waals surface area contributed by atoms with Gasteiger partial charge in [-0.1, -0.05) is 0 Å². The highest BCUT2D eigenvalue weighted by atomic mass is 32.2. The second-order valence-electron chi connectivity index (χ2n) is 6.61. The molecule has 3 aromatic rings. The molecule has 1 amide bonds. The molecule has 0 radical (unpaired) electrons. The van der Waals surface area contributed by atoms with E-state index in [2.05, 4.69) is 10.0 Å². The third-order valence-electron chi connectivity index (χ3n) is 4.50. The molecule has 2 N–H and O–H groups in total. The minimum atomic E-state index is -3.82. The standard InChI is InChI=1S/C23H24N2O6S/c1-4-31-18-9-7-17(8-10-18)25-32(27,28)20-12-5-16(6-13-20)23(26)24-21-15-19(29-2)11-14-22(21)30-3/h5-15,25H,4H2,1-3H3,(H,24,26). The van der Waals surface area contributed by atoms with E-state index in [1.807, 2.05) is 6.92 Å². The highest BCUT2D eigenvalue weighted by molar-refractivity contribution is 7.92. The van der Waals surface area contributed by atoms with E-state index in [0.717, 1.165) is 0 Å². The number of anilines is 2. The molecule has 0 aliphatic rings. The number of hydrogen-bond donors (Lipinski definition) is 2. The predicted molar refractivity (Wildman–Crippen MR) is 122 cm³/mol. The predicted octanol–water partition coefficient (Wildman–Crippen LogP) is 4.16. The maximum absolute atomic E-state index is 12.7. The van der Waals surface area contributed by atoms with Crippen molar-refractivity contribution in [3.8, 4) is 17.2 Å². The van der Waals surface area contributed by atoms with E-state index in [0.29, 0.717) is 35.2 Å². The summed E-state index contributed by atoms with van der Waals surface area (Å²) in [5.74, 6) is 1.26. The number of methoxy groups -OCH3 is 2. The van der Waals surface area contributed by atoms with Crippen LogP contribution in [-0.2, 0) is 10.0 Å². The number of ether oxygens (including phenoxy) is 3. The average Bonchev–Trinajstić information content (AvgIpc) is 2.80. The van der Waals surface area contributed by atoms with Crippen LogP contribution in [0.4, 0.5) is 11.4 Å². The lowest BCUT2D eigenvalue weighted by Gasteiger charge is -2.12. The van der Waals surface area contributed by atoms with Crippen LogP contribution in [0.25, 0.3) is 0 Å². The molecular weight excluding hydrogens is 432 g/mol. The van der Waals surface area contributed by atoms with Crippen LogP contribution in [0.1, 0.15) is 17.3 Å². The normalized spacial score (nSPS) is 10.8. The van der Waals surface area contributed by atoms with E-state index < -0.39 is 15.9 Å². The van der Waals surface area contributed by atoms with Gasteiger partial charge in [-0.3, -0.25) is 9.52 Å². The summed E-state index contributed by atoms with van der Waals surface area (Å²) >= 11 is 0. The fraction of sp³-hybridized carbons (Fsp3) is 0.174. The summed E-state index contributed by atoms with van der Waals surface area (Å²) in [5.41, 5.74) is 1.13. The third-order valence-corrected chi connectivity index (χ3v) is 5.90. The van der Waals surface area contributed by atoms with E-state index in [9.17, 15) is 13.2 Å². The molecule has 0 saturated heterocycles. The van der Waals surface area contributed by atoms with Crippen molar-refractivity contribution >= 4 is 27.3 Å². The first-order chi connectivity index (χ1) is 15.4. The molecule has 0 fully saturated rings. The van der Waals surface area contributed by atoms with Crippen LogP contribution in [-0.4, -0.2) is 35.2 Å². The Balaban J connectivity index is 1.73. The van der Waals surface area contributed by atoms with Crippen LogP contribution < -0.4 is 24.2 Å². The van der Waals surface area contributed by atoms with Crippen LogP contribution in [0, 0.1) is 0 Å². The molecule has 0 atom stereocenters. The Morgan fingerprint density at radius 2 is 1.53 bits per heavy atom. The van der Waals surface area contributed by atoms with Crippen molar-refractivity contribution in [1.29, 1.82) is 0 Å². The minimum Gasteiger partial charge on any atom is -0.497 e. The molecule has 0 heterocycles. The van der Waals surface area contributed by atoms with Gasteiger partial charge in [-0.25, -0.2) is 8.42 Å². The molecular formula is C23H24N2O6S. The second-order valence-corrected chi connectivity index (χ2v) is 8.29. The molecule has 0 spiro atoms. The van der Waals surface area contributed by atoms with Gasteiger partial charge in [0.25, 0.3) is 15.9 Å². The topological polar surface area (TPSA) is 103 Å². The molecule has 3 aromatic carbocycles. The molecule has 0 bridgehead atoms. The number of amides is 1. The first kappa shape index (κ1) is 23.0. The Kier molecular flexibility index (Phi) is 7.21. The summed E-state index contributed by atoms with van der Waals surface area (Å²) in [6, 6.07) is 17.2. The summed E-state index contributed by atoms with van der Waals surface area (Å²) < 4.78 is 43.6. The summed E-state index contributed by atoms with van der Waals surface area (Å²) in [6.45, 7) is 2.39. The molecule has 168 valence electrons. The van der Waals surface area contributed by atoms with Gasteiger partial charge in [0.2, 0.25) is 0 Å². The average molecular weight is 457 g/mol. The van der Waals surface area contributed by atoms with Crippen LogP contribution in [0.2, 0.25) is 0 Å². The Bertz CT molecular complexity index is 1180. The van der Waals surface area contributed by atoms with Gasteiger partial charge in [0.05, 0.1) is 31.4 Å². The summed E-state index contributed by atoms with van der Waals surface area (Å²) in [5, 5.41) is 2.75. The maximum Gasteiger partial charge on any atom is 0.261 e. The quantitative estimate of drug-likeness (QED) is 0.501. The number of rotatable bonds is 9. The van der Waals surface area contributed by atoms with E-state index in [-0.39, 0.29) is 10.5 Å². The number of carbonyl (C=O) groups excluding carboxylic acids is 1. The monoisotopic (exact) mass is 456 g/mol. The summed E-state index contributed by atoms with van der Waals surface area (Å²) in [4.78, 5) is 12.7. The van der Waals surface area contributed by atoms with Crippen molar-refractivity contribution in [3.05, 3.63) is 72.3 Å². The van der Waals surface area contributed by atoms with Gasteiger partial charge in [0, 0.05) is 17.3 Å². The first-order valence-corrected chi connectivity index (χ1v) is 11.2. The van der Waals surface area contributed by atoms with Crippen molar-refractivity contribution in [2.24, 2.45) is 0 Å². The number of sulfonamides is 1. The van der Waals surface area contributed by atoms with E-state index in [4.69, 9.17) is 14.2 Å². The smallest absolute Gasteiger partial charge is 0.261 e. The highest BCUT2D eigenvalue weighted by Crippen LogP contribution is 2.29. The molecule has 8 nitrogen and oxygen atoms in total. The van der Waals surface area contributed by atoms with Gasteiger partial charge in [0.15, 0.2) is 0 Å². The Morgan fingerprint density at radius 1 is 0.875 bits per heavy atom. The molecule has 0 unspecified atom stereocenters. The lowest BCUT2D eigenvalue weighted by atomic mass is 10.2. The largest absolute Gasteiger partial charge is 0.497 e. The fourth-order valence-electron chi connectivity index (χ4n) is 2.89. The molecule has 0 aliphatic heterocycles. The van der Waals surface area contributed by atoms with Crippen molar-refractivity contribution < 1.29 is 27.4 Å². The van der Waals surface area contributed by atoms with Crippen LogP contribution in [0.3, 0.4) is 0 Å². The Labute approximate surface area is 187 Å². The first-order valence-electron chi connectivity index (χ1n) is 9.75. The molecule has 0 saturated carbocycles. The van der Waals surface area contributed by atoms with Crippen LogP contribution in [0.5, 0.6) is 17.2 Å². The zero-order valence-electron chi connectivity index (χ0n) is 17.9. The summed E-state index contributed by atoms with van der Waals surface area (Å²) in [6.07, 6.45) is 0. The van der Waals surface area contributed by atoms with Gasteiger partial charge in [0.1, 0.15) is 17.2 Å². The SMILES string of the molecule is CCOc1ccc(NS(=O)(=O)c2ccc(C(=O)Nc3cc(OC)ccc3OC)cc2)cc1. The van der Waals surface area contributed by atoms with Gasteiger partial charge < -0.3 is 19.5 Å². The minimum absolute atomic E-state index is 0.0295. The molecule has 0 aliphatic carbocycles. The number of benzene rings is 3. The molecule has 32 heavy (non-hydrogen) atoms. The zero-order valence-corrected chi connectivity index (χ0v) is 18.7. The zero-order chi connectivity index (χ0) is 23.1. The summed E-state index contributed by atoms with van der Waals surface area (Å²) in [7, 11) is -0.802. The van der Waals surface area contributed by atoms with E-state index in [1.54, 1.807) is 42.5 Å². The van der Waals surface area contributed by atoms with Gasteiger partial charge in [-0.2, -0.15) is 0 Å².